The van der Waals surface area contributed by atoms with Gasteiger partial charge in [0.15, 0.2) is 19.0 Å². The van der Waals surface area contributed by atoms with E-state index in [2.05, 4.69) is 10.5 Å². The summed E-state index contributed by atoms with van der Waals surface area (Å²) < 4.78 is 14.7. The van der Waals surface area contributed by atoms with Gasteiger partial charge in [-0.05, 0) is 36.3 Å². The van der Waals surface area contributed by atoms with E-state index in [1.807, 2.05) is 0 Å². The average Bonchev–Trinajstić information content (AvgIpc) is 3.03. The molecule has 1 N–H and O–H groups in total. The molecule has 8 nitrogen and oxygen atoms in total. The predicted molar refractivity (Wildman–Crippen MR) is 91.9 cm³/mol. The standard InChI is InChI=1S/C18H20N2O6/c1-11(2)18(23)19-14-6-4-13(5-7-14)15(21)9-25-17(22)10-24-16-8-12(3)26-20-16/h4-8,11H,9-10H2,1-3H3,(H,19,23). The Kier molecular flexibility index (Phi) is 6.48. The summed E-state index contributed by atoms with van der Waals surface area (Å²) >= 11 is 0. The number of rotatable bonds is 8. The van der Waals surface area contributed by atoms with Crippen molar-refractivity contribution in [1.29, 1.82) is 0 Å². The van der Waals surface area contributed by atoms with Crippen molar-refractivity contribution in [1.82, 2.24) is 5.16 Å². The van der Waals surface area contributed by atoms with Gasteiger partial charge in [-0.3, -0.25) is 9.59 Å². The zero-order valence-electron chi connectivity index (χ0n) is 14.8. The lowest BCUT2D eigenvalue weighted by atomic mass is 10.1. The summed E-state index contributed by atoms with van der Waals surface area (Å²) in [7, 11) is 0. The fraction of sp³-hybridized carbons (Fsp3) is 0.333. The summed E-state index contributed by atoms with van der Waals surface area (Å²) in [5.74, 6) is -0.585. The van der Waals surface area contributed by atoms with Crippen molar-refractivity contribution in [3.63, 3.8) is 0 Å². The van der Waals surface area contributed by atoms with Crippen molar-refractivity contribution >= 4 is 23.3 Å². The van der Waals surface area contributed by atoms with Gasteiger partial charge in [-0.1, -0.05) is 13.8 Å². The molecule has 1 aromatic carbocycles. The third-order valence-electron chi connectivity index (χ3n) is 3.31. The number of hydrogen-bond acceptors (Lipinski definition) is 7. The number of benzene rings is 1. The minimum atomic E-state index is -0.695. The molecule has 1 aromatic heterocycles. The van der Waals surface area contributed by atoms with Crippen LogP contribution in [0.25, 0.3) is 0 Å². The van der Waals surface area contributed by atoms with E-state index in [0.717, 1.165) is 0 Å². The number of aryl methyl sites for hydroxylation is 1. The Hall–Kier alpha value is -3.16. The van der Waals surface area contributed by atoms with Gasteiger partial charge in [0.2, 0.25) is 5.91 Å². The highest BCUT2D eigenvalue weighted by molar-refractivity contribution is 5.99. The van der Waals surface area contributed by atoms with Crippen molar-refractivity contribution < 1.29 is 28.4 Å². The Labute approximate surface area is 150 Å². The SMILES string of the molecule is Cc1cc(OCC(=O)OCC(=O)c2ccc(NC(=O)C(C)C)cc2)no1. The number of nitrogens with zero attached hydrogens (tertiary/aromatic N) is 1. The number of esters is 1. The van der Waals surface area contributed by atoms with Crippen molar-refractivity contribution in [2.24, 2.45) is 5.92 Å². The van der Waals surface area contributed by atoms with Crippen LogP contribution in [0.3, 0.4) is 0 Å². The largest absolute Gasteiger partial charge is 0.463 e. The number of anilines is 1. The van der Waals surface area contributed by atoms with Crippen molar-refractivity contribution in [3.8, 4) is 5.88 Å². The smallest absolute Gasteiger partial charge is 0.344 e. The molecule has 0 unspecified atom stereocenters. The third-order valence-corrected chi connectivity index (χ3v) is 3.31. The molecule has 1 amide bonds. The molecule has 0 spiro atoms. The molecule has 0 aliphatic carbocycles. The summed E-state index contributed by atoms with van der Waals surface area (Å²) in [4.78, 5) is 35.2. The third kappa shape index (κ3) is 5.73. The molecular formula is C18H20N2O6. The van der Waals surface area contributed by atoms with E-state index in [1.165, 1.54) is 6.07 Å². The maximum absolute atomic E-state index is 12.0. The summed E-state index contributed by atoms with van der Waals surface area (Å²) in [6, 6.07) is 7.87. The van der Waals surface area contributed by atoms with Crippen LogP contribution >= 0.6 is 0 Å². The molecule has 0 saturated carbocycles. The Balaban J connectivity index is 1.78. The van der Waals surface area contributed by atoms with Crippen LogP contribution in [0.5, 0.6) is 5.88 Å². The zero-order valence-corrected chi connectivity index (χ0v) is 14.8. The first-order valence-electron chi connectivity index (χ1n) is 8.01. The zero-order chi connectivity index (χ0) is 19.1. The lowest BCUT2D eigenvalue weighted by Gasteiger charge is -2.08. The fourth-order valence-corrected chi connectivity index (χ4v) is 1.84. The lowest BCUT2D eigenvalue weighted by molar-refractivity contribution is -0.144. The summed E-state index contributed by atoms with van der Waals surface area (Å²) in [6.07, 6.45) is 0. The maximum atomic E-state index is 12.0. The monoisotopic (exact) mass is 360 g/mol. The minimum absolute atomic E-state index is 0.111. The van der Waals surface area contributed by atoms with E-state index in [-0.39, 0.29) is 30.1 Å². The van der Waals surface area contributed by atoms with Crippen molar-refractivity contribution in [2.75, 3.05) is 18.5 Å². The quantitative estimate of drug-likeness (QED) is 0.569. The van der Waals surface area contributed by atoms with Crippen molar-refractivity contribution in [2.45, 2.75) is 20.8 Å². The van der Waals surface area contributed by atoms with E-state index >= 15 is 0 Å². The Morgan fingerprint density at radius 2 is 1.85 bits per heavy atom. The summed E-state index contributed by atoms with van der Waals surface area (Å²) in [6.45, 7) is 4.48. The molecule has 0 saturated heterocycles. The van der Waals surface area contributed by atoms with Crippen LogP contribution in [-0.4, -0.2) is 36.0 Å². The highest BCUT2D eigenvalue weighted by atomic mass is 16.6. The first-order valence-corrected chi connectivity index (χ1v) is 8.01. The normalized spacial score (nSPS) is 10.5. The number of ketones is 1. The second-order valence-corrected chi connectivity index (χ2v) is 5.87. The number of carbonyl (C=O) groups is 3. The number of nitrogens with one attached hydrogen (secondary N) is 1. The molecule has 26 heavy (non-hydrogen) atoms. The van der Waals surface area contributed by atoms with Gasteiger partial charge >= 0.3 is 5.97 Å². The Morgan fingerprint density at radius 1 is 1.15 bits per heavy atom. The van der Waals surface area contributed by atoms with Crippen LogP contribution in [0, 0.1) is 12.8 Å². The molecule has 0 aliphatic rings. The van der Waals surface area contributed by atoms with E-state index in [0.29, 0.717) is 17.0 Å². The van der Waals surface area contributed by atoms with Crippen LogP contribution in [0.4, 0.5) is 5.69 Å². The molecule has 138 valence electrons. The van der Waals surface area contributed by atoms with Gasteiger partial charge in [0.05, 0.1) is 0 Å². The molecular weight excluding hydrogens is 340 g/mol. The van der Waals surface area contributed by atoms with Crippen LogP contribution in [0.2, 0.25) is 0 Å². The minimum Gasteiger partial charge on any atom is -0.463 e. The van der Waals surface area contributed by atoms with E-state index in [9.17, 15) is 14.4 Å². The van der Waals surface area contributed by atoms with E-state index in [4.69, 9.17) is 14.0 Å². The average molecular weight is 360 g/mol. The number of aromatic nitrogens is 1. The lowest BCUT2D eigenvalue weighted by Crippen LogP contribution is -2.20. The molecule has 8 heteroatoms. The highest BCUT2D eigenvalue weighted by Crippen LogP contribution is 2.12. The molecule has 0 radical (unpaired) electrons. The topological polar surface area (TPSA) is 108 Å². The molecule has 0 atom stereocenters. The number of carbonyl (C=O) groups excluding carboxylic acids is 3. The second kappa shape index (κ2) is 8.80. The van der Waals surface area contributed by atoms with Gasteiger partial charge in [0.25, 0.3) is 5.88 Å². The van der Waals surface area contributed by atoms with Crippen LogP contribution < -0.4 is 10.1 Å². The first kappa shape index (κ1) is 19.2. The number of ether oxygens (including phenoxy) is 2. The highest BCUT2D eigenvalue weighted by Gasteiger charge is 2.12. The van der Waals surface area contributed by atoms with Gasteiger partial charge in [-0.2, -0.15) is 0 Å². The maximum Gasteiger partial charge on any atom is 0.344 e. The number of amides is 1. The van der Waals surface area contributed by atoms with Crippen LogP contribution in [0.1, 0.15) is 30.0 Å². The second-order valence-electron chi connectivity index (χ2n) is 5.87. The van der Waals surface area contributed by atoms with Gasteiger partial charge in [-0.15, -0.1) is 0 Å². The van der Waals surface area contributed by atoms with E-state index < -0.39 is 12.6 Å². The Morgan fingerprint density at radius 3 is 2.42 bits per heavy atom. The summed E-state index contributed by atoms with van der Waals surface area (Å²) in [5, 5.41) is 6.29. The molecule has 2 aromatic rings. The van der Waals surface area contributed by atoms with Crippen LogP contribution in [-0.2, 0) is 14.3 Å². The predicted octanol–water partition coefficient (Wildman–Crippen LogP) is 2.38. The number of Topliss-reactive ketones (excluding diaryl/α,β-unsaturated/α-hetero) is 1. The van der Waals surface area contributed by atoms with Crippen LogP contribution in [0.15, 0.2) is 34.9 Å². The van der Waals surface area contributed by atoms with Crippen molar-refractivity contribution in [3.05, 3.63) is 41.7 Å². The van der Waals surface area contributed by atoms with Gasteiger partial charge in [0.1, 0.15) is 5.76 Å². The molecule has 2 rings (SSSR count). The molecule has 0 bridgehead atoms. The molecule has 1 heterocycles. The van der Waals surface area contributed by atoms with E-state index in [1.54, 1.807) is 45.0 Å². The van der Waals surface area contributed by atoms with Gasteiger partial charge in [0, 0.05) is 23.2 Å². The fourth-order valence-electron chi connectivity index (χ4n) is 1.84. The molecule has 0 fully saturated rings. The summed E-state index contributed by atoms with van der Waals surface area (Å²) in [5.41, 5.74) is 0.960. The van der Waals surface area contributed by atoms with Gasteiger partial charge in [-0.25, -0.2) is 4.79 Å². The Bertz CT molecular complexity index is 779. The first-order chi connectivity index (χ1) is 12.3. The molecule has 0 aliphatic heterocycles. The van der Waals surface area contributed by atoms with Gasteiger partial charge < -0.3 is 19.3 Å². The number of hydrogen-bond donors (Lipinski definition) is 1.